The number of anilines is 2. The number of rotatable bonds is 7. The molecule has 5 nitrogen and oxygen atoms in total. The first-order valence-corrected chi connectivity index (χ1v) is 11.5. The highest BCUT2D eigenvalue weighted by Gasteiger charge is 2.30. The smallest absolute Gasteiger partial charge is 0.332 e. The number of halogens is 3. The minimum atomic E-state index is -4.42. The number of nitrogens with zero attached hydrogens (tertiary/aromatic N) is 2. The first-order valence-electron chi connectivity index (χ1n) is 9.15. The van der Waals surface area contributed by atoms with E-state index in [1.807, 2.05) is 0 Å². The lowest BCUT2D eigenvalue weighted by Gasteiger charge is -2.18. The highest BCUT2D eigenvalue weighted by molar-refractivity contribution is 7.89. The number of hydrogen-bond donors (Lipinski definition) is 1. The van der Waals surface area contributed by atoms with Gasteiger partial charge in [0.15, 0.2) is 5.13 Å². The van der Waals surface area contributed by atoms with Crippen LogP contribution in [0.3, 0.4) is 0 Å². The molecule has 0 amide bonds. The predicted octanol–water partition coefficient (Wildman–Crippen LogP) is 5.60. The van der Waals surface area contributed by atoms with Crippen LogP contribution in [0, 0.1) is 0 Å². The molecule has 0 aliphatic heterocycles. The predicted molar refractivity (Wildman–Crippen MR) is 112 cm³/mol. The molecule has 0 fully saturated rings. The van der Waals surface area contributed by atoms with Crippen LogP contribution in [0.5, 0.6) is 0 Å². The van der Waals surface area contributed by atoms with E-state index < -0.39 is 21.8 Å². The molecule has 30 heavy (non-hydrogen) atoms. The fourth-order valence-corrected chi connectivity index (χ4v) is 5.07. The van der Waals surface area contributed by atoms with E-state index in [2.05, 4.69) is 10.3 Å². The molecule has 3 rings (SSSR count). The Kier molecular flexibility index (Phi) is 6.49. The Morgan fingerprint density at radius 3 is 2.33 bits per heavy atom. The summed E-state index contributed by atoms with van der Waals surface area (Å²) in [5.74, 6) is 0. The zero-order valence-electron chi connectivity index (χ0n) is 16.3. The van der Waals surface area contributed by atoms with Crippen molar-refractivity contribution in [3.63, 3.8) is 0 Å². The number of nitrogens with one attached hydrogen (secondary N) is 1. The normalized spacial score (nSPS) is 12.3. The van der Waals surface area contributed by atoms with E-state index in [1.54, 1.807) is 31.4 Å². The van der Waals surface area contributed by atoms with Crippen molar-refractivity contribution in [2.45, 2.75) is 24.9 Å². The molecule has 1 heterocycles. The largest absolute Gasteiger partial charge is 0.416 e. The van der Waals surface area contributed by atoms with Gasteiger partial charge in [0.2, 0.25) is 10.0 Å². The van der Waals surface area contributed by atoms with Crippen molar-refractivity contribution in [3.05, 3.63) is 59.5 Å². The number of benzene rings is 2. The molecule has 0 aliphatic carbocycles. The lowest BCUT2D eigenvalue weighted by atomic mass is 10.2. The van der Waals surface area contributed by atoms with E-state index in [1.165, 1.54) is 39.9 Å². The van der Waals surface area contributed by atoms with Crippen LogP contribution in [0.25, 0.3) is 11.3 Å². The van der Waals surface area contributed by atoms with Gasteiger partial charge in [-0.25, -0.2) is 13.4 Å². The second-order valence-corrected chi connectivity index (χ2v) is 9.15. The molecular weight excluding hydrogens is 435 g/mol. The molecule has 1 N–H and O–H groups in total. The maximum Gasteiger partial charge on any atom is 0.416 e. The van der Waals surface area contributed by atoms with Crippen LogP contribution in [0.15, 0.2) is 58.8 Å². The Labute approximate surface area is 177 Å². The van der Waals surface area contributed by atoms with E-state index >= 15 is 0 Å². The van der Waals surface area contributed by atoms with Crippen LogP contribution < -0.4 is 5.32 Å². The maximum absolute atomic E-state index is 12.9. The number of hydrogen-bond acceptors (Lipinski definition) is 5. The average Bonchev–Trinajstić information content (AvgIpc) is 3.17. The molecule has 0 saturated heterocycles. The van der Waals surface area contributed by atoms with Gasteiger partial charge >= 0.3 is 6.18 Å². The molecule has 0 spiro atoms. The standard InChI is InChI=1S/C20H20F3N3O2S2/c1-3-26(4-2)30(27,28)17-10-8-14(9-11-17)18-13-29-19(25-18)24-16-7-5-6-15(12-16)20(21,22)23/h5-13H,3-4H2,1-2H3,(H,24,25). The molecule has 3 aromatic rings. The van der Waals surface area contributed by atoms with Gasteiger partial charge in [-0.1, -0.05) is 32.0 Å². The Morgan fingerprint density at radius 1 is 1.07 bits per heavy atom. The van der Waals surface area contributed by atoms with Gasteiger partial charge in [0.25, 0.3) is 0 Å². The lowest BCUT2D eigenvalue weighted by molar-refractivity contribution is -0.137. The third-order valence-electron chi connectivity index (χ3n) is 4.44. The highest BCUT2D eigenvalue weighted by Crippen LogP contribution is 2.33. The van der Waals surface area contributed by atoms with Crippen molar-refractivity contribution >= 4 is 32.2 Å². The Morgan fingerprint density at radius 2 is 1.73 bits per heavy atom. The van der Waals surface area contributed by atoms with E-state index in [4.69, 9.17) is 0 Å². The summed E-state index contributed by atoms with van der Waals surface area (Å²) in [5.41, 5.74) is 0.851. The van der Waals surface area contributed by atoms with Gasteiger partial charge in [-0.05, 0) is 30.3 Å². The third kappa shape index (κ3) is 4.82. The molecule has 0 unspecified atom stereocenters. The molecule has 1 aromatic heterocycles. The van der Waals surface area contributed by atoms with Gasteiger partial charge in [-0.2, -0.15) is 17.5 Å². The van der Waals surface area contributed by atoms with Gasteiger partial charge in [0, 0.05) is 29.7 Å². The fourth-order valence-electron chi connectivity index (χ4n) is 2.87. The zero-order chi connectivity index (χ0) is 21.9. The van der Waals surface area contributed by atoms with Crippen LogP contribution in [-0.4, -0.2) is 30.8 Å². The van der Waals surface area contributed by atoms with Crippen molar-refractivity contribution in [2.24, 2.45) is 0 Å². The molecule has 10 heteroatoms. The molecule has 2 aromatic carbocycles. The second-order valence-electron chi connectivity index (χ2n) is 6.36. The SMILES string of the molecule is CCN(CC)S(=O)(=O)c1ccc(-c2csc(Nc3cccc(C(F)(F)F)c3)n2)cc1. The number of thiazole rings is 1. The van der Waals surface area contributed by atoms with Crippen molar-refractivity contribution in [2.75, 3.05) is 18.4 Å². The monoisotopic (exact) mass is 455 g/mol. The van der Waals surface area contributed by atoms with Crippen LogP contribution in [0.4, 0.5) is 24.0 Å². The van der Waals surface area contributed by atoms with Crippen LogP contribution in [0.2, 0.25) is 0 Å². The van der Waals surface area contributed by atoms with Gasteiger partial charge < -0.3 is 5.32 Å². The van der Waals surface area contributed by atoms with Gasteiger partial charge in [-0.15, -0.1) is 11.3 Å². The van der Waals surface area contributed by atoms with Crippen molar-refractivity contribution in [3.8, 4) is 11.3 Å². The molecule has 0 atom stereocenters. The molecule has 0 radical (unpaired) electrons. The number of aromatic nitrogens is 1. The highest BCUT2D eigenvalue weighted by atomic mass is 32.2. The fraction of sp³-hybridized carbons (Fsp3) is 0.250. The van der Waals surface area contributed by atoms with E-state index in [-0.39, 0.29) is 10.6 Å². The molecule has 0 bridgehead atoms. The van der Waals surface area contributed by atoms with Gasteiger partial charge in [-0.3, -0.25) is 0 Å². The summed E-state index contributed by atoms with van der Waals surface area (Å²) in [6, 6.07) is 11.3. The van der Waals surface area contributed by atoms with Crippen molar-refractivity contribution < 1.29 is 21.6 Å². The Hall–Kier alpha value is -2.43. The summed E-state index contributed by atoms with van der Waals surface area (Å²) in [5, 5.41) is 5.07. The second kappa shape index (κ2) is 8.75. The van der Waals surface area contributed by atoms with E-state index in [0.29, 0.717) is 29.5 Å². The zero-order valence-corrected chi connectivity index (χ0v) is 17.9. The van der Waals surface area contributed by atoms with E-state index in [0.717, 1.165) is 12.1 Å². The molecular formula is C20H20F3N3O2S2. The summed E-state index contributed by atoms with van der Waals surface area (Å²) >= 11 is 1.24. The number of sulfonamides is 1. The third-order valence-corrected chi connectivity index (χ3v) is 7.26. The topological polar surface area (TPSA) is 62.3 Å². The first-order chi connectivity index (χ1) is 14.1. The van der Waals surface area contributed by atoms with Crippen molar-refractivity contribution in [1.82, 2.24) is 9.29 Å². The summed E-state index contributed by atoms with van der Waals surface area (Å²) in [6.07, 6.45) is -4.42. The van der Waals surface area contributed by atoms with Crippen molar-refractivity contribution in [1.29, 1.82) is 0 Å². The summed E-state index contributed by atoms with van der Waals surface area (Å²) in [6.45, 7) is 4.34. The summed E-state index contributed by atoms with van der Waals surface area (Å²) in [7, 11) is -3.54. The van der Waals surface area contributed by atoms with Crippen LogP contribution in [0.1, 0.15) is 19.4 Å². The van der Waals surface area contributed by atoms with Crippen LogP contribution in [-0.2, 0) is 16.2 Å². The average molecular weight is 456 g/mol. The Bertz CT molecular complexity index is 1110. The first kappa shape index (κ1) is 22.3. The summed E-state index contributed by atoms with van der Waals surface area (Å²) < 4.78 is 65.1. The maximum atomic E-state index is 12.9. The molecule has 0 aliphatic rings. The summed E-state index contributed by atoms with van der Waals surface area (Å²) in [4.78, 5) is 4.59. The molecule has 160 valence electrons. The van der Waals surface area contributed by atoms with E-state index in [9.17, 15) is 21.6 Å². The lowest BCUT2D eigenvalue weighted by Crippen LogP contribution is -2.30. The van der Waals surface area contributed by atoms with Gasteiger partial charge in [0.1, 0.15) is 0 Å². The minimum absolute atomic E-state index is 0.201. The molecule has 0 saturated carbocycles. The van der Waals surface area contributed by atoms with Gasteiger partial charge in [0.05, 0.1) is 16.2 Å². The Balaban J connectivity index is 1.78. The van der Waals surface area contributed by atoms with Crippen LogP contribution >= 0.6 is 11.3 Å². The minimum Gasteiger partial charge on any atom is -0.332 e. The number of alkyl halides is 3. The quantitative estimate of drug-likeness (QED) is 0.504.